The van der Waals surface area contributed by atoms with Crippen LogP contribution in [0.15, 0.2) is 0 Å². The van der Waals surface area contributed by atoms with E-state index >= 15 is 0 Å². The lowest BCUT2D eigenvalue weighted by atomic mass is 9.95. The molecule has 0 aromatic rings. The predicted octanol–water partition coefficient (Wildman–Crippen LogP) is -0.195. The summed E-state index contributed by atoms with van der Waals surface area (Å²) in [6.07, 6.45) is 1.75. The maximum Gasteiger partial charge on any atom is 0.220 e. The number of hydrogen-bond acceptors (Lipinski definition) is 3. The van der Waals surface area contributed by atoms with Gasteiger partial charge in [-0.3, -0.25) is 9.69 Å². The van der Waals surface area contributed by atoms with Crippen molar-refractivity contribution in [3.63, 3.8) is 0 Å². The Balaban J connectivity index is 1.58. The minimum absolute atomic E-state index is 0.235. The zero-order chi connectivity index (χ0) is 11.1. The lowest BCUT2D eigenvalue weighted by molar-refractivity contribution is -0.119. The molecule has 4 unspecified atom stereocenters. The fourth-order valence-corrected chi connectivity index (χ4v) is 3.59. The molecule has 0 aromatic heterocycles. The van der Waals surface area contributed by atoms with Gasteiger partial charge in [0.05, 0.1) is 0 Å². The van der Waals surface area contributed by atoms with Crippen LogP contribution in [0.3, 0.4) is 0 Å². The molecule has 0 aliphatic carbocycles. The molecule has 0 aromatic carbocycles. The second-order valence-electron chi connectivity index (χ2n) is 5.58. The summed E-state index contributed by atoms with van der Waals surface area (Å²) in [5, 5.41) is 6.55. The van der Waals surface area contributed by atoms with Crippen molar-refractivity contribution >= 4 is 5.91 Å². The van der Waals surface area contributed by atoms with Gasteiger partial charge in [0.25, 0.3) is 0 Å². The van der Waals surface area contributed by atoms with Crippen LogP contribution in [-0.4, -0.2) is 49.1 Å². The highest BCUT2D eigenvalue weighted by Gasteiger charge is 2.42. The first-order valence-electron chi connectivity index (χ1n) is 6.48. The van der Waals surface area contributed by atoms with E-state index in [-0.39, 0.29) is 5.91 Å². The zero-order valence-corrected chi connectivity index (χ0v) is 9.91. The van der Waals surface area contributed by atoms with Crippen LogP contribution in [0, 0.1) is 11.8 Å². The summed E-state index contributed by atoms with van der Waals surface area (Å²) in [6, 6.07) is 1.08. The van der Waals surface area contributed by atoms with Crippen molar-refractivity contribution < 1.29 is 4.79 Å². The standard InChI is InChI=1S/C12H21N3O/c1-8-11-5-13-4-9(11)6-15(8)7-10-2-3-12(16)14-10/h8-11,13H,2-7H2,1H3,(H,14,16). The molecule has 0 bridgehead atoms. The lowest BCUT2D eigenvalue weighted by Gasteiger charge is -2.26. The molecule has 4 atom stereocenters. The molecular weight excluding hydrogens is 202 g/mol. The van der Waals surface area contributed by atoms with E-state index in [1.807, 2.05) is 0 Å². The highest BCUT2D eigenvalue weighted by molar-refractivity contribution is 5.78. The molecule has 3 aliphatic rings. The fourth-order valence-electron chi connectivity index (χ4n) is 3.59. The Labute approximate surface area is 96.8 Å². The Morgan fingerprint density at radius 1 is 1.44 bits per heavy atom. The highest BCUT2D eigenvalue weighted by atomic mass is 16.1. The van der Waals surface area contributed by atoms with Crippen LogP contribution in [0.2, 0.25) is 0 Å². The van der Waals surface area contributed by atoms with Gasteiger partial charge >= 0.3 is 0 Å². The Morgan fingerprint density at radius 3 is 3.00 bits per heavy atom. The summed E-state index contributed by atoms with van der Waals surface area (Å²) in [5.41, 5.74) is 0. The number of carbonyl (C=O) groups excluding carboxylic acids is 1. The Morgan fingerprint density at radius 2 is 2.31 bits per heavy atom. The molecular formula is C12H21N3O. The van der Waals surface area contributed by atoms with Crippen LogP contribution < -0.4 is 10.6 Å². The summed E-state index contributed by atoms with van der Waals surface area (Å²) in [6.45, 7) is 6.97. The average molecular weight is 223 g/mol. The lowest BCUT2D eigenvalue weighted by Crippen LogP contribution is -2.42. The Bertz CT molecular complexity index is 294. The minimum atomic E-state index is 0.235. The van der Waals surface area contributed by atoms with Crippen molar-refractivity contribution in [2.75, 3.05) is 26.2 Å². The molecule has 4 heteroatoms. The van der Waals surface area contributed by atoms with E-state index in [1.165, 1.54) is 19.6 Å². The summed E-state index contributed by atoms with van der Waals surface area (Å²) >= 11 is 0. The van der Waals surface area contributed by atoms with Gasteiger partial charge in [0, 0.05) is 31.6 Å². The fraction of sp³-hybridized carbons (Fsp3) is 0.917. The summed E-state index contributed by atoms with van der Waals surface area (Å²) < 4.78 is 0. The van der Waals surface area contributed by atoms with Gasteiger partial charge in [-0.1, -0.05) is 0 Å². The van der Waals surface area contributed by atoms with Crippen molar-refractivity contribution in [2.45, 2.75) is 31.8 Å². The Hall–Kier alpha value is -0.610. The highest BCUT2D eigenvalue weighted by Crippen LogP contribution is 2.32. The number of nitrogens with zero attached hydrogens (tertiary/aromatic N) is 1. The number of likely N-dealkylation sites (tertiary alicyclic amines) is 1. The molecule has 3 saturated heterocycles. The van der Waals surface area contributed by atoms with Gasteiger partial charge in [-0.2, -0.15) is 0 Å². The number of carbonyl (C=O) groups is 1. The van der Waals surface area contributed by atoms with E-state index in [0.29, 0.717) is 12.1 Å². The average Bonchev–Trinajstić information content (AvgIpc) is 2.90. The molecule has 0 saturated carbocycles. The molecule has 4 nitrogen and oxygen atoms in total. The summed E-state index contributed by atoms with van der Waals surface area (Å²) in [7, 11) is 0. The predicted molar refractivity (Wildman–Crippen MR) is 62.0 cm³/mol. The van der Waals surface area contributed by atoms with Crippen molar-refractivity contribution in [3.8, 4) is 0 Å². The van der Waals surface area contributed by atoms with Crippen LogP contribution in [0.4, 0.5) is 0 Å². The molecule has 2 N–H and O–H groups in total. The summed E-state index contributed by atoms with van der Waals surface area (Å²) in [5.74, 6) is 1.91. The van der Waals surface area contributed by atoms with E-state index in [0.717, 1.165) is 31.2 Å². The zero-order valence-electron chi connectivity index (χ0n) is 9.91. The van der Waals surface area contributed by atoms with Crippen LogP contribution in [0.5, 0.6) is 0 Å². The van der Waals surface area contributed by atoms with Crippen molar-refractivity contribution in [3.05, 3.63) is 0 Å². The first-order valence-corrected chi connectivity index (χ1v) is 6.48. The third-order valence-electron chi connectivity index (χ3n) is 4.60. The molecule has 1 amide bonds. The van der Waals surface area contributed by atoms with E-state index in [2.05, 4.69) is 22.5 Å². The van der Waals surface area contributed by atoms with Gasteiger partial charge in [-0.15, -0.1) is 0 Å². The second-order valence-corrected chi connectivity index (χ2v) is 5.58. The number of fused-ring (bicyclic) bond motifs is 1. The topological polar surface area (TPSA) is 44.4 Å². The first kappa shape index (κ1) is 10.5. The van der Waals surface area contributed by atoms with Gasteiger partial charge in [0.15, 0.2) is 0 Å². The molecule has 16 heavy (non-hydrogen) atoms. The third kappa shape index (κ3) is 1.74. The number of rotatable bonds is 2. The smallest absolute Gasteiger partial charge is 0.220 e. The van der Waals surface area contributed by atoms with Gasteiger partial charge < -0.3 is 10.6 Å². The SMILES string of the molecule is CC1C2CNCC2CN1CC1CCC(=O)N1. The van der Waals surface area contributed by atoms with E-state index in [9.17, 15) is 4.79 Å². The summed E-state index contributed by atoms with van der Waals surface area (Å²) in [4.78, 5) is 13.7. The molecule has 90 valence electrons. The van der Waals surface area contributed by atoms with Crippen molar-refractivity contribution in [1.82, 2.24) is 15.5 Å². The maximum atomic E-state index is 11.2. The molecule has 3 rings (SSSR count). The van der Waals surface area contributed by atoms with Crippen LogP contribution in [0.1, 0.15) is 19.8 Å². The van der Waals surface area contributed by atoms with E-state index < -0.39 is 0 Å². The largest absolute Gasteiger partial charge is 0.352 e. The van der Waals surface area contributed by atoms with Crippen LogP contribution in [0.25, 0.3) is 0 Å². The van der Waals surface area contributed by atoms with Crippen LogP contribution >= 0.6 is 0 Å². The second kappa shape index (κ2) is 4.00. The molecule has 3 aliphatic heterocycles. The molecule has 0 spiro atoms. The normalized spacial score (nSPS) is 43.7. The van der Waals surface area contributed by atoms with Gasteiger partial charge in [-0.25, -0.2) is 0 Å². The number of hydrogen-bond donors (Lipinski definition) is 2. The van der Waals surface area contributed by atoms with Crippen LogP contribution in [-0.2, 0) is 4.79 Å². The Kier molecular flexibility index (Phi) is 2.64. The van der Waals surface area contributed by atoms with E-state index in [1.54, 1.807) is 0 Å². The molecule has 3 fully saturated rings. The van der Waals surface area contributed by atoms with Crippen molar-refractivity contribution in [2.24, 2.45) is 11.8 Å². The van der Waals surface area contributed by atoms with Crippen molar-refractivity contribution in [1.29, 1.82) is 0 Å². The van der Waals surface area contributed by atoms with Gasteiger partial charge in [0.2, 0.25) is 5.91 Å². The third-order valence-corrected chi connectivity index (χ3v) is 4.60. The van der Waals surface area contributed by atoms with Gasteiger partial charge in [-0.05, 0) is 38.3 Å². The maximum absolute atomic E-state index is 11.2. The molecule has 3 heterocycles. The first-order chi connectivity index (χ1) is 7.74. The molecule has 0 radical (unpaired) electrons. The van der Waals surface area contributed by atoms with Gasteiger partial charge in [0.1, 0.15) is 0 Å². The monoisotopic (exact) mass is 223 g/mol. The number of amides is 1. The quantitative estimate of drug-likeness (QED) is 0.682. The van der Waals surface area contributed by atoms with E-state index in [4.69, 9.17) is 0 Å². The number of nitrogens with one attached hydrogen (secondary N) is 2. The minimum Gasteiger partial charge on any atom is -0.352 e.